The van der Waals surface area contributed by atoms with Crippen molar-refractivity contribution in [1.29, 1.82) is 0 Å². The fourth-order valence-electron chi connectivity index (χ4n) is 2.42. The van der Waals surface area contributed by atoms with Crippen LogP contribution in [0.1, 0.15) is 46.0 Å². The summed E-state index contributed by atoms with van der Waals surface area (Å²) in [5, 5.41) is 3.30. The Morgan fingerprint density at radius 3 is 2.87 bits per heavy atom. The van der Waals surface area contributed by atoms with Crippen molar-refractivity contribution in [2.75, 3.05) is 11.1 Å². The highest BCUT2D eigenvalue weighted by atomic mass is 19.1. The average molecular weight is 319 g/mol. The first-order valence-corrected chi connectivity index (χ1v) is 7.84. The van der Waals surface area contributed by atoms with E-state index in [-0.39, 0.29) is 17.8 Å². The smallest absolute Gasteiger partial charge is 0.222 e. The largest absolute Gasteiger partial charge is 0.368 e. The number of fused-ring (bicyclic) bond motifs is 1. The molecular weight excluding hydrogens is 297 g/mol. The lowest BCUT2D eigenvalue weighted by Crippen LogP contribution is -2.22. The molecule has 6 nitrogen and oxygen atoms in total. The van der Waals surface area contributed by atoms with Crippen LogP contribution in [0.2, 0.25) is 0 Å². The van der Waals surface area contributed by atoms with Crippen molar-refractivity contribution in [2.45, 2.75) is 52.0 Å². The number of hydrogen-bond donors (Lipinski definition) is 2. The molecule has 0 aliphatic rings. The zero-order valence-electron chi connectivity index (χ0n) is 13.5. The van der Waals surface area contributed by atoms with E-state index in [1.54, 1.807) is 6.92 Å². The van der Waals surface area contributed by atoms with E-state index in [2.05, 4.69) is 27.2 Å². The summed E-state index contributed by atoms with van der Waals surface area (Å²) in [7, 11) is 0. The Balaban J connectivity index is 2.27. The highest BCUT2D eigenvalue weighted by Gasteiger charge is 2.14. The third kappa shape index (κ3) is 4.84. The Kier molecular flexibility index (Phi) is 5.78. The van der Waals surface area contributed by atoms with Crippen LogP contribution in [0, 0.1) is 5.82 Å². The van der Waals surface area contributed by atoms with Gasteiger partial charge in [-0.05, 0) is 19.8 Å². The van der Waals surface area contributed by atoms with Gasteiger partial charge in [0, 0.05) is 18.5 Å². The minimum atomic E-state index is -0.472. The fourth-order valence-corrected chi connectivity index (χ4v) is 2.42. The molecule has 2 heterocycles. The lowest BCUT2D eigenvalue weighted by molar-refractivity contribution is -0.117. The van der Waals surface area contributed by atoms with Gasteiger partial charge in [0.05, 0.1) is 11.7 Å². The van der Waals surface area contributed by atoms with Crippen LogP contribution in [0.4, 0.5) is 16.2 Å². The lowest BCUT2D eigenvalue weighted by atomic mass is 10.0. The van der Waals surface area contributed by atoms with Crippen LogP contribution in [-0.4, -0.2) is 26.8 Å². The molecule has 7 heteroatoms. The van der Waals surface area contributed by atoms with Crippen LogP contribution >= 0.6 is 0 Å². The van der Waals surface area contributed by atoms with Gasteiger partial charge in [0.2, 0.25) is 5.95 Å². The monoisotopic (exact) mass is 319 g/mol. The van der Waals surface area contributed by atoms with Crippen LogP contribution in [0.5, 0.6) is 0 Å². The van der Waals surface area contributed by atoms with Gasteiger partial charge >= 0.3 is 0 Å². The number of nitrogens with one attached hydrogen (secondary N) is 1. The van der Waals surface area contributed by atoms with Gasteiger partial charge in [0.1, 0.15) is 17.1 Å². The first kappa shape index (κ1) is 17.1. The zero-order chi connectivity index (χ0) is 16.8. The summed E-state index contributed by atoms with van der Waals surface area (Å²) in [6, 6.07) is 1.37. The van der Waals surface area contributed by atoms with Crippen molar-refractivity contribution in [1.82, 2.24) is 15.0 Å². The second kappa shape index (κ2) is 7.80. The summed E-state index contributed by atoms with van der Waals surface area (Å²) >= 11 is 0. The maximum atomic E-state index is 13.3. The second-order valence-corrected chi connectivity index (χ2v) is 5.68. The number of carbonyl (C=O) groups excluding carboxylic acids is 1. The third-order valence-corrected chi connectivity index (χ3v) is 3.61. The Bertz CT molecular complexity index is 686. The highest BCUT2D eigenvalue weighted by Crippen LogP contribution is 2.22. The summed E-state index contributed by atoms with van der Waals surface area (Å²) in [4.78, 5) is 23.5. The molecule has 2 rings (SSSR count). The van der Waals surface area contributed by atoms with Crippen LogP contribution in [-0.2, 0) is 4.79 Å². The first-order chi connectivity index (χ1) is 11.0. The van der Waals surface area contributed by atoms with Gasteiger partial charge in [0.15, 0.2) is 5.82 Å². The first-order valence-electron chi connectivity index (χ1n) is 7.84. The Hall–Kier alpha value is -2.31. The topological polar surface area (TPSA) is 93.8 Å². The molecule has 124 valence electrons. The SMILES string of the molecule is CCCC[C@H](CCC(C)=O)Nc1nc(N)nc2cc(F)cnc12. The minimum absolute atomic E-state index is 0.0632. The predicted molar refractivity (Wildman–Crippen MR) is 88.6 cm³/mol. The molecule has 23 heavy (non-hydrogen) atoms. The van der Waals surface area contributed by atoms with E-state index in [1.807, 2.05) is 0 Å². The summed E-state index contributed by atoms with van der Waals surface area (Å²) < 4.78 is 13.3. The fraction of sp³-hybridized carbons (Fsp3) is 0.500. The van der Waals surface area contributed by atoms with Crippen LogP contribution in [0.15, 0.2) is 12.3 Å². The molecule has 0 radical (unpaired) electrons. The number of anilines is 2. The number of rotatable bonds is 8. The number of halogens is 1. The van der Waals surface area contributed by atoms with Crippen molar-refractivity contribution >= 4 is 28.6 Å². The van der Waals surface area contributed by atoms with Crippen LogP contribution in [0.3, 0.4) is 0 Å². The molecule has 3 N–H and O–H groups in total. The predicted octanol–water partition coefficient (Wildman–Crippen LogP) is 3.09. The van der Waals surface area contributed by atoms with E-state index in [9.17, 15) is 9.18 Å². The Labute approximate surface area is 134 Å². The Morgan fingerprint density at radius 1 is 1.39 bits per heavy atom. The summed E-state index contributed by atoms with van der Waals surface area (Å²) in [6.45, 7) is 3.70. The number of unbranched alkanes of at least 4 members (excludes halogenated alkanes) is 1. The molecule has 0 aromatic carbocycles. The Morgan fingerprint density at radius 2 is 2.17 bits per heavy atom. The highest BCUT2D eigenvalue weighted by molar-refractivity contribution is 5.86. The van der Waals surface area contributed by atoms with Crippen molar-refractivity contribution in [3.63, 3.8) is 0 Å². The van der Waals surface area contributed by atoms with E-state index in [0.717, 1.165) is 25.5 Å². The number of ketones is 1. The molecule has 0 fully saturated rings. The van der Waals surface area contributed by atoms with Gasteiger partial charge in [-0.3, -0.25) is 0 Å². The summed E-state index contributed by atoms with van der Waals surface area (Å²) in [5.74, 6) is 0.228. The summed E-state index contributed by atoms with van der Waals surface area (Å²) in [5.41, 5.74) is 6.54. The van der Waals surface area contributed by atoms with Gasteiger partial charge in [0.25, 0.3) is 0 Å². The number of nitrogens with zero attached hydrogens (tertiary/aromatic N) is 3. The van der Waals surface area contributed by atoms with E-state index in [4.69, 9.17) is 5.73 Å². The number of Topliss-reactive ketones (excluding diaryl/α,β-unsaturated/α-hetero) is 1. The standard InChI is InChI=1S/C16H22FN5O/c1-3-4-5-12(7-6-10(2)23)20-15-14-13(21-16(18)22-15)8-11(17)9-19-14/h8-9,12H,3-7H2,1-2H3,(H3,18,20,21,22)/t12-/m1/s1. The number of pyridine rings is 1. The minimum Gasteiger partial charge on any atom is -0.368 e. The average Bonchev–Trinajstić information content (AvgIpc) is 2.49. The van der Waals surface area contributed by atoms with Crippen LogP contribution < -0.4 is 11.1 Å². The van der Waals surface area contributed by atoms with Gasteiger partial charge in [-0.2, -0.15) is 4.98 Å². The molecule has 1 atom stereocenters. The van der Waals surface area contributed by atoms with Gasteiger partial charge < -0.3 is 15.8 Å². The van der Waals surface area contributed by atoms with E-state index in [0.29, 0.717) is 29.7 Å². The number of nitrogen functional groups attached to an aromatic ring is 1. The molecule has 0 saturated carbocycles. The van der Waals surface area contributed by atoms with Gasteiger partial charge in [-0.15, -0.1) is 0 Å². The summed E-state index contributed by atoms with van der Waals surface area (Å²) in [6.07, 6.45) is 5.36. The molecule has 2 aromatic heterocycles. The normalized spacial score (nSPS) is 12.3. The van der Waals surface area contributed by atoms with E-state index in [1.165, 1.54) is 6.07 Å². The maximum absolute atomic E-state index is 13.3. The van der Waals surface area contributed by atoms with Crippen molar-refractivity contribution in [3.05, 3.63) is 18.1 Å². The van der Waals surface area contributed by atoms with E-state index < -0.39 is 5.82 Å². The quantitative estimate of drug-likeness (QED) is 0.776. The zero-order valence-corrected chi connectivity index (χ0v) is 13.5. The lowest BCUT2D eigenvalue weighted by Gasteiger charge is -2.19. The molecule has 0 amide bonds. The third-order valence-electron chi connectivity index (χ3n) is 3.61. The van der Waals surface area contributed by atoms with Crippen molar-refractivity contribution in [2.24, 2.45) is 0 Å². The number of nitrogens with two attached hydrogens (primary N) is 1. The molecule has 0 unspecified atom stereocenters. The van der Waals surface area contributed by atoms with E-state index >= 15 is 0 Å². The number of hydrogen-bond acceptors (Lipinski definition) is 6. The molecule has 0 bridgehead atoms. The molecule has 0 spiro atoms. The maximum Gasteiger partial charge on any atom is 0.222 e. The second-order valence-electron chi connectivity index (χ2n) is 5.68. The van der Waals surface area contributed by atoms with Crippen molar-refractivity contribution < 1.29 is 9.18 Å². The molecule has 0 aliphatic heterocycles. The number of carbonyl (C=O) groups is 1. The van der Waals surface area contributed by atoms with Crippen molar-refractivity contribution in [3.8, 4) is 0 Å². The van der Waals surface area contributed by atoms with Gasteiger partial charge in [-0.1, -0.05) is 19.8 Å². The van der Waals surface area contributed by atoms with Crippen LogP contribution in [0.25, 0.3) is 11.0 Å². The molecule has 0 aliphatic carbocycles. The molecule has 2 aromatic rings. The van der Waals surface area contributed by atoms with Gasteiger partial charge in [-0.25, -0.2) is 14.4 Å². The molecule has 0 saturated heterocycles. The molecular formula is C16H22FN5O. The number of aromatic nitrogens is 3.